The van der Waals surface area contributed by atoms with Crippen LogP contribution in [0.4, 0.5) is 5.69 Å². The molecule has 2 rings (SSSR count). The number of benzene rings is 2. The molecule has 150 valence electrons. The number of phenolic OH excluding ortho intramolecular Hbond substituents is 1. The van der Waals surface area contributed by atoms with Crippen LogP contribution in [0.3, 0.4) is 0 Å². The van der Waals surface area contributed by atoms with Gasteiger partial charge in [0.2, 0.25) is 10.0 Å². The van der Waals surface area contributed by atoms with Crippen molar-refractivity contribution >= 4 is 27.8 Å². The van der Waals surface area contributed by atoms with Gasteiger partial charge in [0.25, 0.3) is 5.91 Å². The Morgan fingerprint density at radius 1 is 1.18 bits per heavy atom. The van der Waals surface area contributed by atoms with E-state index in [0.29, 0.717) is 17.0 Å². The maximum Gasteiger partial charge on any atom is 0.260 e. The second-order valence-corrected chi connectivity index (χ2v) is 7.60. The van der Waals surface area contributed by atoms with Gasteiger partial charge < -0.3 is 14.6 Å². The lowest BCUT2D eigenvalue weighted by Gasteiger charge is -2.21. The number of hydrogen-bond acceptors (Lipinski definition) is 7. The summed E-state index contributed by atoms with van der Waals surface area (Å²) in [6.07, 6.45) is 2.36. The molecule has 0 saturated carbocycles. The summed E-state index contributed by atoms with van der Waals surface area (Å²) in [6.45, 7) is -0.443. The molecule has 2 aromatic carbocycles. The van der Waals surface area contributed by atoms with E-state index in [0.717, 1.165) is 10.6 Å². The van der Waals surface area contributed by atoms with E-state index >= 15 is 0 Å². The standard InChI is InChI=1S/C18H21N3O6S/c1-26-15-7-5-14(6-8-15)21(28(3,24)25)12-18(23)20-19-11-13-4-9-16(22)17(10-13)27-2/h4-11,22H,12H2,1-3H3,(H,20,23)/b19-11-. The lowest BCUT2D eigenvalue weighted by molar-refractivity contribution is -0.119. The Hall–Kier alpha value is -3.27. The first-order valence-electron chi connectivity index (χ1n) is 8.05. The van der Waals surface area contributed by atoms with Crippen LogP contribution in [0.25, 0.3) is 0 Å². The van der Waals surface area contributed by atoms with Crippen molar-refractivity contribution in [1.82, 2.24) is 5.43 Å². The minimum Gasteiger partial charge on any atom is -0.504 e. The highest BCUT2D eigenvalue weighted by Gasteiger charge is 2.20. The molecular formula is C18H21N3O6S. The van der Waals surface area contributed by atoms with Gasteiger partial charge in [0, 0.05) is 0 Å². The van der Waals surface area contributed by atoms with Crippen molar-refractivity contribution in [2.75, 3.05) is 31.3 Å². The van der Waals surface area contributed by atoms with Crippen LogP contribution in [0.15, 0.2) is 47.6 Å². The highest BCUT2D eigenvalue weighted by Crippen LogP contribution is 2.25. The number of ether oxygens (including phenoxy) is 2. The Bertz CT molecular complexity index is 958. The maximum atomic E-state index is 12.1. The van der Waals surface area contributed by atoms with Gasteiger partial charge >= 0.3 is 0 Å². The van der Waals surface area contributed by atoms with Crippen LogP contribution in [0.1, 0.15) is 5.56 Å². The average molecular weight is 407 g/mol. The molecule has 1 amide bonds. The highest BCUT2D eigenvalue weighted by molar-refractivity contribution is 7.92. The van der Waals surface area contributed by atoms with Gasteiger partial charge in [-0.1, -0.05) is 0 Å². The summed E-state index contributed by atoms with van der Waals surface area (Å²) in [5.74, 6) is 0.184. The van der Waals surface area contributed by atoms with E-state index in [-0.39, 0.29) is 11.5 Å². The summed E-state index contributed by atoms with van der Waals surface area (Å²) in [7, 11) is -0.776. The van der Waals surface area contributed by atoms with E-state index in [9.17, 15) is 18.3 Å². The number of aromatic hydroxyl groups is 1. The number of methoxy groups -OCH3 is 2. The van der Waals surface area contributed by atoms with Crippen LogP contribution < -0.4 is 19.2 Å². The lowest BCUT2D eigenvalue weighted by Crippen LogP contribution is -2.39. The Kier molecular flexibility index (Phi) is 6.83. The Morgan fingerprint density at radius 2 is 1.86 bits per heavy atom. The summed E-state index contributed by atoms with van der Waals surface area (Å²) < 4.78 is 35.1. The SMILES string of the molecule is COc1ccc(N(CC(=O)N/N=C\c2ccc(O)c(OC)c2)S(C)(=O)=O)cc1. The molecule has 0 radical (unpaired) electrons. The number of phenols is 1. The fourth-order valence-corrected chi connectivity index (χ4v) is 3.12. The minimum atomic E-state index is -3.69. The zero-order chi connectivity index (χ0) is 20.7. The van der Waals surface area contributed by atoms with Crippen LogP contribution in [0.5, 0.6) is 17.2 Å². The first-order chi connectivity index (χ1) is 13.2. The number of sulfonamides is 1. The van der Waals surface area contributed by atoms with Crippen molar-refractivity contribution in [3.8, 4) is 17.2 Å². The van der Waals surface area contributed by atoms with E-state index in [1.165, 1.54) is 32.6 Å². The third-order valence-corrected chi connectivity index (χ3v) is 4.80. The van der Waals surface area contributed by atoms with Gasteiger partial charge in [-0.25, -0.2) is 13.8 Å². The number of hydrazone groups is 1. The summed E-state index contributed by atoms with van der Waals surface area (Å²) in [4.78, 5) is 12.1. The van der Waals surface area contributed by atoms with E-state index in [1.807, 2.05) is 0 Å². The third-order valence-electron chi connectivity index (χ3n) is 3.65. The molecule has 9 nitrogen and oxygen atoms in total. The number of hydrogen-bond donors (Lipinski definition) is 2. The molecule has 0 fully saturated rings. The van der Waals surface area contributed by atoms with Gasteiger partial charge in [0.15, 0.2) is 11.5 Å². The van der Waals surface area contributed by atoms with Crippen molar-refractivity contribution in [2.24, 2.45) is 5.10 Å². The number of nitrogens with one attached hydrogen (secondary N) is 1. The lowest BCUT2D eigenvalue weighted by atomic mass is 10.2. The zero-order valence-corrected chi connectivity index (χ0v) is 16.4. The van der Waals surface area contributed by atoms with Crippen LogP contribution in [-0.4, -0.2) is 52.7 Å². The predicted molar refractivity (Wildman–Crippen MR) is 106 cm³/mol. The van der Waals surface area contributed by atoms with E-state index < -0.39 is 22.5 Å². The first kappa shape index (κ1) is 21.0. The smallest absolute Gasteiger partial charge is 0.260 e. The van der Waals surface area contributed by atoms with E-state index in [1.54, 1.807) is 30.3 Å². The van der Waals surface area contributed by atoms with Crippen LogP contribution >= 0.6 is 0 Å². The first-order valence-corrected chi connectivity index (χ1v) is 9.90. The molecule has 0 bridgehead atoms. The average Bonchev–Trinajstić information content (AvgIpc) is 2.66. The molecule has 0 atom stereocenters. The fraction of sp³-hybridized carbons (Fsp3) is 0.222. The van der Waals surface area contributed by atoms with Crippen molar-refractivity contribution in [3.63, 3.8) is 0 Å². The van der Waals surface area contributed by atoms with Crippen LogP contribution in [-0.2, 0) is 14.8 Å². The molecule has 28 heavy (non-hydrogen) atoms. The molecule has 2 N–H and O–H groups in total. The van der Waals surface area contributed by atoms with Crippen LogP contribution in [0, 0.1) is 0 Å². The Morgan fingerprint density at radius 3 is 2.43 bits per heavy atom. The van der Waals surface area contributed by atoms with Gasteiger partial charge in [-0.2, -0.15) is 5.10 Å². The summed E-state index contributed by atoms with van der Waals surface area (Å²) in [5, 5.41) is 13.4. The maximum absolute atomic E-state index is 12.1. The third kappa shape index (κ3) is 5.61. The van der Waals surface area contributed by atoms with Gasteiger partial charge in [0.1, 0.15) is 12.3 Å². The molecule has 0 aliphatic carbocycles. The molecule has 2 aromatic rings. The quantitative estimate of drug-likeness (QED) is 0.503. The number of amides is 1. The minimum absolute atomic E-state index is 0.0213. The van der Waals surface area contributed by atoms with Crippen molar-refractivity contribution in [1.29, 1.82) is 0 Å². The second kappa shape index (κ2) is 9.09. The Labute approximate surface area is 163 Å². The summed E-state index contributed by atoms with van der Waals surface area (Å²) in [5.41, 5.74) is 3.17. The predicted octanol–water partition coefficient (Wildman–Crippen LogP) is 1.33. The number of rotatable bonds is 8. The molecule has 0 aliphatic heterocycles. The second-order valence-electron chi connectivity index (χ2n) is 5.69. The Balaban J connectivity index is 2.07. The molecule has 0 aromatic heterocycles. The molecule has 0 spiro atoms. The molecule has 0 unspecified atom stereocenters. The van der Waals surface area contributed by atoms with Gasteiger partial charge in [0.05, 0.1) is 32.4 Å². The van der Waals surface area contributed by atoms with Crippen LogP contribution in [0.2, 0.25) is 0 Å². The summed E-state index contributed by atoms with van der Waals surface area (Å²) >= 11 is 0. The van der Waals surface area contributed by atoms with E-state index in [2.05, 4.69) is 10.5 Å². The molecule has 0 aliphatic rings. The van der Waals surface area contributed by atoms with Crippen molar-refractivity contribution in [2.45, 2.75) is 0 Å². The number of carbonyl (C=O) groups excluding carboxylic acids is 1. The molecule has 10 heteroatoms. The number of nitrogens with zero attached hydrogens (tertiary/aromatic N) is 2. The van der Waals surface area contributed by atoms with Gasteiger partial charge in [-0.3, -0.25) is 9.10 Å². The normalized spacial score (nSPS) is 11.2. The largest absolute Gasteiger partial charge is 0.504 e. The molecule has 0 heterocycles. The van der Waals surface area contributed by atoms with Crippen molar-refractivity contribution in [3.05, 3.63) is 48.0 Å². The molecular weight excluding hydrogens is 386 g/mol. The fourth-order valence-electron chi connectivity index (χ4n) is 2.27. The highest BCUT2D eigenvalue weighted by atomic mass is 32.2. The van der Waals surface area contributed by atoms with Gasteiger partial charge in [-0.15, -0.1) is 0 Å². The number of anilines is 1. The zero-order valence-electron chi connectivity index (χ0n) is 15.6. The number of carbonyl (C=O) groups is 1. The van der Waals surface area contributed by atoms with E-state index in [4.69, 9.17) is 9.47 Å². The molecule has 0 saturated heterocycles. The van der Waals surface area contributed by atoms with Crippen molar-refractivity contribution < 1.29 is 27.8 Å². The monoisotopic (exact) mass is 407 g/mol. The summed E-state index contributed by atoms with van der Waals surface area (Å²) in [6, 6.07) is 10.8. The van der Waals surface area contributed by atoms with Gasteiger partial charge in [-0.05, 0) is 48.0 Å². The topological polar surface area (TPSA) is 118 Å².